The smallest absolute Gasteiger partial charge is 0.323 e. The second-order valence-corrected chi connectivity index (χ2v) is 15.3. The van der Waals surface area contributed by atoms with E-state index in [2.05, 4.69) is 28.2 Å². The number of likely N-dealkylation sites (tertiary alicyclic amines) is 3. The maximum Gasteiger partial charge on any atom is 0.323 e. The molecule has 3 aliphatic heterocycles. The van der Waals surface area contributed by atoms with E-state index in [-0.39, 0.29) is 42.1 Å². The van der Waals surface area contributed by atoms with E-state index in [0.717, 1.165) is 50.4 Å². The first kappa shape index (κ1) is 51.8. The number of piperidine rings is 1. The summed E-state index contributed by atoms with van der Waals surface area (Å²) in [6.45, 7) is 9.22. The van der Waals surface area contributed by atoms with Crippen molar-refractivity contribution in [2.45, 2.75) is 116 Å². The van der Waals surface area contributed by atoms with Crippen LogP contribution in [0.5, 0.6) is 0 Å². The third kappa shape index (κ3) is 18.1. The monoisotopic (exact) mass is 857 g/mol. The Kier molecular flexibility index (Phi) is 23.4. The Morgan fingerprint density at radius 1 is 0.836 bits per heavy atom. The summed E-state index contributed by atoms with van der Waals surface area (Å²) < 4.78 is 29.9. The van der Waals surface area contributed by atoms with Gasteiger partial charge in [-0.3, -0.25) is 33.7 Å². The average molecular weight is 858 g/mol. The van der Waals surface area contributed by atoms with Crippen molar-refractivity contribution < 1.29 is 47.1 Å². The topological polar surface area (TPSA) is 187 Å². The molecule has 3 aliphatic rings. The van der Waals surface area contributed by atoms with E-state index in [1.807, 2.05) is 36.2 Å². The zero-order valence-corrected chi connectivity index (χ0v) is 36.6. The number of rotatable bonds is 13. The Hall–Kier alpha value is -5.29. The fourth-order valence-electron chi connectivity index (χ4n) is 7.07. The minimum atomic E-state index is -0.635. The lowest BCUT2D eigenvalue weighted by Gasteiger charge is -2.38. The molecule has 2 aromatic carbocycles. The number of carbonyl (C=O) groups excluding carboxylic acids is 7. The minimum absolute atomic E-state index is 0.0162. The molecule has 5 rings (SSSR count). The maximum absolute atomic E-state index is 13.5. The summed E-state index contributed by atoms with van der Waals surface area (Å²) >= 11 is 0. The molecule has 3 heterocycles. The molecule has 0 aliphatic carbocycles. The average Bonchev–Trinajstić information content (AvgIpc) is 3.91. The molecule has 0 radical (unpaired) electrons. The highest BCUT2D eigenvalue weighted by molar-refractivity contribution is 5.93. The molecular formula is C44H65F2N7O8. The molecule has 17 heteroatoms. The van der Waals surface area contributed by atoms with Gasteiger partial charge in [-0.2, -0.15) is 0 Å². The van der Waals surface area contributed by atoms with Crippen molar-refractivity contribution in [2.75, 3.05) is 52.6 Å². The Morgan fingerprint density at radius 3 is 1.97 bits per heavy atom. The fourth-order valence-corrected chi connectivity index (χ4v) is 7.07. The Bertz CT molecular complexity index is 1680. The molecule has 5 unspecified atom stereocenters. The number of benzene rings is 2. The number of nitrogens with one attached hydrogen (secondary N) is 4. The first-order valence-corrected chi connectivity index (χ1v) is 20.9. The lowest BCUT2D eigenvalue weighted by Crippen LogP contribution is -2.58. The number of halogens is 2. The van der Waals surface area contributed by atoms with E-state index in [4.69, 9.17) is 4.74 Å². The quantitative estimate of drug-likeness (QED) is 0.172. The predicted molar refractivity (Wildman–Crippen MR) is 228 cm³/mol. The summed E-state index contributed by atoms with van der Waals surface area (Å²) in [6.07, 6.45) is 6.91. The van der Waals surface area contributed by atoms with Crippen molar-refractivity contribution in [3.05, 3.63) is 65.2 Å². The first-order valence-electron chi connectivity index (χ1n) is 20.9. The molecule has 0 aromatic heterocycles. The highest BCUT2D eigenvalue weighted by Crippen LogP contribution is 2.26. The number of esters is 1. The van der Waals surface area contributed by atoms with E-state index in [0.29, 0.717) is 57.2 Å². The maximum atomic E-state index is 13.5. The Balaban J connectivity index is 0.000000380. The zero-order chi connectivity index (χ0) is 45.5. The summed E-state index contributed by atoms with van der Waals surface area (Å²) in [5.41, 5.74) is 2.73. The van der Waals surface area contributed by atoms with Crippen molar-refractivity contribution in [3.8, 4) is 0 Å². The van der Waals surface area contributed by atoms with Gasteiger partial charge in [-0.15, -0.1) is 0 Å². The molecule has 4 N–H and O–H groups in total. The molecule has 5 atom stereocenters. The molecule has 0 bridgehead atoms. The molecule has 2 aromatic rings. The van der Waals surface area contributed by atoms with Gasteiger partial charge in [-0.05, 0) is 128 Å². The molecule has 338 valence electrons. The molecule has 0 saturated carbocycles. The number of aldehydes is 1. The highest BCUT2D eigenvalue weighted by atomic mass is 19.1. The van der Waals surface area contributed by atoms with Crippen LogP contribution in [0.15, 0.2) is 42.5 Å². The van der Waals surface area contributed by atoms with Crippen LogP contribution in [-0.4, -0.2) is 135 Å². The van der Waals surface area contributed by atoms with Gasteiger partial charge < -0.3 is 40.6 Å². The van der Waals surface area contributed by atoms with Crippen LogP contribution in [0.3, 0.4) is 0 Å². The molecule has 3 fully saturated rings. The normalized spacial score (nSPS) is 19.2. The lowest BCUT2D eigenvalue weighted by atomic mass is 9.99. The van der Waals surface area contributed by atoms with Gasteiger partial charge in [0.15, 0.2) is 0 Å². The Labute approximate surface area is 358 Å². The van der Waals surface area contributed by atoms with Crippen molar-refractivity contribution in [3.63, 3.8) is 0 Å². The van der Waals surface area contributed by atoms with Crippen molar-refractivity contribution in [2.24, 2.45) is 0 Å². The van der Waals surface area contributed by atoms with Crippen LogP contribution in [0.4, 0.5) is 14.5 Å². The number of likely N-dealkylation sites (N-methyl/N-ethyl adjacent to an activating group) is 3. The number of ether oxygens (including phenoxy) is 1. The lowest BCUT2D eigenvalue weighted by molar-refractivity contribution is -0.156. The van der Waals surface area contributed by atoms with Gasteiger partial charge in [0.05, 0.1) is 19.0 Å². The Morgan fingerprint density at radius 2 is 1.44 bits per heavy atom. The summed E-state index contributed by atoms with van der Waals surface area (Å²) in [5, 5.41) is 10.4. The van der Waals surface area contributed by atoms with E-state index in [1.54, 1.807) is 44.7 Å². The van der Waals surface area contributed by atoms with Crippen molar-refractivity contribution in [1.29, 1.82) is 0 Å². The zero-order valence-electron chi connectivity index (χ0n) is 36.6. The van der Waals surface area contributed by atoms with E-state index in [1.165, 1.54) is 17.7 Å². The van der Waals surface area contributed by atoms with Crippen LogP contribution >= 0.6 is 0 Å². The largest absolute Gasteiger partial charge is 0.461 e. The minimum Gasteiger partial charge on any atom is -0.461 e. The molecular weight excluding hydrogens is 793 g/mol. The number of anilines is 1. The number of amides is 5. The number of carbonyl (C=O) groups is 7. The van der Waals surface area contributed by atoms with Crippen molar-refractivity contribution >= 4 is 48.0 Å². The number of hydrogen-bond donors (Lipinski definition) is 4. The first-order chi connectivity index (χ1) is 29.1. The third-order valence-corrected chi connectivity index (χ3v) is 10.3. The molecule has 0 spiro atoms. The van der Waals surface area contributed by atoms with E-state index < -0.39 is 35.9 Å². The van der Waals surface area contributed by atoms with E-state index in [9.17, 15) is 42.3 Å². The second kappa shape index (κ2) is 27.5. The number of hydrogen-bond acceptors (Lipinski definition) is 10. The van der Waals surface area contributed by atoms with Gasteiger partial charge in [0.25, 0.3) is 0 Å². The summed E-state index contributed by atoms with van der Waals surface area (Å²) in [6, 6.07) is 9.08. The van der Waals surface area contributed by atoms with Crippen LogP contribution in [0.1, 0.15) is 83.3 Å². The van der Waals surface area contributed by atoms with Gasteiger partial charge >= 0.3 is 5.97 Å². The van der Waals surface area contributed by atoms with Gasteiger partial charge in [-0.25, -0.2) is 8.78 Å². The standard InChI is InChI=1S/C24H38N4O6.C9H11NO.C7H6F2.C4H10N2O/c1-16(15-29)25-22(31)18-8-4-5-12-28(18)23(32)19-9-7-13-27(19)21(30)14-17(2)34-24(33)20-10-6-11-26(20)3;1-2-8-3-5-9(6-4-8)10-7-11;1-5-2-6(8)4-7(9)3-5;1-5-3-4(7)6-2/h15-20H,4-14H2,1-3H3,(H,25,31);3-7H,2H2,1H3,(H,10,11);2-4H,1H3;5H,3H2,1-2H3,(H,6,7). The van der Waals surface area contributed by atoms with Crippen LogP contribution in [0.2, 0.25) is 0 Å². The number of aryl methyl sites for hydroxylation is 2. The highest BCUT2D eigenvalue weighted by Gasteiger charge is 2.41. The van der Waals surface area contributed by atoms with Gasteiger partial charge in [-0.1, -0.05) is 19.1 Å². The number of nitrogens with zero attached hydrogens (tertiary/aromatic N) is 3. The molecule has 3 saturated heterocycles. The van der Waals surface area contributed by atoms with Crippen LogP contribution in [-0.2, 0) is 44.7 Å². The van der Waals surface area contributed by atoms with Crippen LogP contribution in [0, 0.1) is 18.6 Å². The molecule has 5 amide bonds. The summed E-state index contributed by atoms with van der Waals surface area (Å²) in [4.78, 5) is 87.9. The predicted octanol–water partition coefficient (Wildman–Crippen LogP) is 3.52. The van der Waals surface area contributed by atoms with Gasteiger partial charge in [0, 0.05) is 31.9 Å². The van der Waals surface area contributed by atoms with Crippen LogP contribution in [0.25, 0.3) is 0 Å². The SMILES string of the molecule is CC(C=O)NC(=O)C1CCCCN1C(=O)C1CCCN1C(=O)CC(C)OC(=O)C1CCCN1C.CCc1ccc(NC=O)cc1.CNCC(=O)NC.Cc1cc(F)cc(F)c1. The third-order valence-electron chi connectivity index (χ3n) is 10.3. The fraction of sp³-hybridized carbons (Fsp3) is 0.568. The molecule has 61 heavy (non-hydrogen) atoms. The van der Waals surface area contributed by atoms with E-state index >= 15 is 0 Å². The van der Waals surface area contributed by atoms with Gasteiger partial charge in [0.1, 0.15) is 42.2 Å². The summed E-state index contributed by atoms with van der Waals surface area (Å²) in [7, 11) is 5.23. The van der Waals surface area contributed by atoms with Crippen molar-refractivity contribution in [1.82, 2.24) is 30.7 Å². The summed E-state index contributed by atoms with van der Waals surface area (Å²) in [5.74, 6) is -2.10. The van der Waals surface area contributed by atoms with Crippen LogP contribution < -0.4 is 21.3 Å². The second-order valence-electron chi connectivity index (χ2n) is 15.3. The molecule has 15 nitrogen and oxygen atoms in total. The van der Waals surface area contributed by atoms with Gasteiger partial charge in [0.2, 0.25) is 30.0 Å².